The van der Waals surface area contributed by atoms with Gasteiger partial charge in [0.1, 0.15) is 0 Å². The van der Waals surface area contributed by atoms with E-state index in [4.69, 9.17) is 4.74 Å². The van der Waals surface area contributed by atoms with E-state index in [2.05, 4.69) is 31.0 Å². The van der Waals surface area contributed by atoms with Gasteiger partial charge in [-0.1, -0.05) is 27.2 Å². The second kappa shape index (κ2) is 7.61. The maximum Gasteiger partial charge on any atom is 0.0506 e. The molecule has 0 aromatic carbocycles. The van der Waals surface area contributed by atoms with Gasteiger partial charge in [0.15, 0.2) is 0 Å². The van der Waals surface area contributed by atoms with Crippen LogP contribution in [0.4, 0.5) is 0 Å². The van der Waals surface area contributed by atoms with E-state index in [0.717, 1.165) is 31.1 Å². The summed E-state index contributed by atoms with van der Waals surface area (Å²) >= 11 is 0. The summed E-state index contributed by atoms with van der Waals surface area (Å²) in [4.78, 5) is 2.74. The molecule has 2 rings (SSSR count). The van der Waals surface area contributed by atoms with Gasteiger partial charge < -0.3 is 10.1 Å². The van der Waals surface area contributed by atoms with Crippen LogP contribution < -0.4 is 5.32 Å². The molecule has 4 unspecified atom stereocenters. The molecule has 2 fully saturated rings. The summed E-state index contributed by atoms with van der Waals surface area (Å²) in [5, 5.41) is 3.77. The Balaban J connectivity index is 1.89. The molecule has 0 aromatic rings. The highest BCUT2D eigenvalue weighted by Gasteiger charge is 2.30. The summed E-state index contributed by atoms with van der Waals surface area (Å²) in [5.41, 5.74) is 0. The van der Waals surface area contributed by atoms with E-state index in [-0.39, 0.29) is 0 Å². The van der Waals surface area contributed by atoms with Crippen molar-refractivity contribution in [1.29, 1.82) is 0 Å². The summed E-state index contributed by atoms with van der Waals surface area (Å²) in [6.07, 6.45) is 5.14. The van der Waals surface area contributed by atoms with Crippen molar-refractivity contribution in [2.75, 3.05) is 32.8 Å². The normalized spacial score (nSPS) is 35.2. The SMILES string of the molecule is CCC(C)C1CN(CC2CCCOC2)C(CC)CN1. The maximum atomic E-state index is 5.65. The van der Waals surface area contributed by atoms with Crippen molar-refractivity contribution in [3.63, 3.8) is 0 Å². The van der Waals surface area contributed by atoms with E-state index in [1.807, 2.05) is 0 Å². The van der Waals surface area contributed by atoms with Crippen molar-refractivity contribution >= 4 is 0 Å². The molecule has 0 spiro atoms. The molecule has 2 heterocycles. The van der Waals surface area contributed by atoms with Gasteiger partial charge >= 0.3 is 0 Å². The summed E-state index contributed by atoms with van der Waals surface area (Å²) in [6, 6.07) is 1.40. The Morgan fingerprint density at radius 1 is 1.37 bits per heavy atom. The van der Waals surface area contributed by atoms with E-state index in [1.54, 1.807) is 0 Å². The quantitative estimate of drug-likeness (QED) is 0.829. The summed E-state index contributed by atoms with van der Waals surface area (Å²) in [7, 11) is 0. The van der Waals surface area contributed by atoms with E-state index in [9.17, 15) is 0 Å². The van der Waals surface area contributed by atoms with Gasteiger partial charge in [0.05, 0.1) is 6.61 Å². The first-order valence-corrected chi connectivity index (χ1v) is 8.29. The standard InChI is InChI=1S/C16H32N2O/c1-4-13(3)16-11-18(15(5-2)9-17-16)10-14-7-6-8-19-12-14/h13-17H,4-12H2,1-3H3. The van der Waals surface area contributed by atoms with E-state index >= 15 is 0 Å². The zero-order chi connectivity index (χ0) is 13.7. The van der Waals surface area contributed by atoms with Gasteiger partial charge in [0.25, 0.3) is 0 Å². The largest absolute Gasteiger partial charge is 0.381 e. The first-order valence-electron chi connectivity index (χ1n) is 8.29. The predicted molar refractivity (Wildman–Crippen MR) is 80.4 cm³/mol. The van der Waals surface area contributed by atoms with Gasteiger partial charge in [0.2, 0.25) is 0 Å². The third kappa shape index (κ3) is 4.17. The lowest BCUT2D eigenvalue weighted by Gasteiger charge is -2.44. The summed E-state index contributed by atoms with van der Waals surface area (Å²) in [5.74, 6) is 1.54. The highest BCUT2D eigenvalue weighted by atomic mass is 16.5. The highest BCUT2D eigenvalue weighted by Crippen LogP contribution is 2.21. The average Bonchev–Trinajstić information content (AvgIpc) is 2.47. The van der Waals surface area contributed by atoms with Gasteiger partial charge in [-0.15, -0.1) is 0 Å². The number of nitrogens with zero attached hydrogens (tertiary/aromatic N) is 1. The average molecular weight is 268 g/mol. The van der Waals surface area contributed by atoms with Crippen LogP contribution in [0.25, 0.3) is 0 Å². The molecule has 4 atom stereocenters. The molecule has 19 heavy (non-hydrogen) atoms. The zero-order valence-electron chi connectivity index (χ0n) is 13.0. The predicted octanol–water partition coefficient (Wildman–Crippen LogP) is 2.51. The molecule has 2 aliphatic heterocycles. The van der Waals surface area contributed by atoms with Crippen LogP contribution in [-0.4, -0.2) is 49.8 Å². The monoisotopic (exact) mass is 268 g/mol. The fraction of sp³-hybridized carbons (Fsp3) is 1.00. The third-order valence-electron chi connectivity index (χ3n) is 5.11. The topological polar surface area (TPSA) is 24.5 Å². The molecule has 0 aromatic heterocycles. The minimum absolute atomic E-state index is 0.678. The number of hydrogen-bond acceptors (Lipinski definition) is 3. The Hall–Kier alpha value is -0.120. The molecule has 3 nitrogen and oxygen atoms in total. The van der Waals surface area contributed by atoms with Crippen LogP contribution in [0.3, 0.4) is 0 Å². The van der Waals surface area contributed by atoms with E-state index < -0.39 is 0 Å². The van der Waals surface area contributed by atoms with Gasteiger partial charge in [0, 0.05) is 38.3 Å². The van der Waals surface area contributed by atoms with Crippen LogP contribution in [0, 0.1) is 11.8 Å². The van der Waals surface area contributed by atoms with Crippen LogP contribution in [0.2, 0.25) is 0 Å². The van der Waals surface area contributed by atoms with Crippen LogP contribution in [0.5, 0.6) is 0 Å². The molecule has 0 amide bonds. The lowest BCUT2D eigenvalue weighted by Crippen LogP contribution is -2.59. The smallest absolute Gasteiger partial charge is 0.0506 e. The van der Waals surface area contributed by atoms with Gasteiger partial charge in [-0.3, -0.25) is 4.90 Å². The molecule has 0 saturated carbocycles. The Morgan fingerprint density at radius 3 is 2.84 bits per heavy atom. The molecule has 0 bridgehead atoms. The number of nitrogens with one attached hydrogen (secondary N) is 1. The molecule has 1 N–H and O–H groups in total. The first kappa shape index (κ1) is 15.3. The Bertz CT molecular complexity index is 251. The molecule has 0 radical (unpaired) electrons. The molecule has 0 aliphatic carbocycles. The molecule has 3 heteroatoms. The fourth-order valence-corrected chi connectivity index (χ4v) is 3.46. The number of ether oxygens (including phenoxy) is 1. The number of rotatable bonds is 5. The lowest BCUT2D eigenvalue weighted by atomic mass is 9.93. The van der Waals surface area contributed by atoms with Gasteiger partial charge in [-0.2, -0.15) is 0 Å². The van der Waals surface area contributed by atoms with E-state index in [1.165, 1.54) is 45.3 Å². The highest BCUT2D eigenvalue weighted by molar-refractivity contribution is 4.88. The maximum absolute atomic E-state index is 5.65. The zero-order valence-corrected chi connectivity index (χ0v) is 13.0. The first-order chi connectivity index (χ1) is 9.24. The van der Waals surface area contributed by atoms with Gasteiger partial charge in [-0.25, -0.2) is 0 Å². The van der Waals surface area contributed by atoms with Crippen LogP contribution >= 0.6 is 0 Å². The van der Waals surface area contributed by atoms with Crippen molar-refractivity contribution in [1.82, 2.24) is 10.2 Å². The van der Waals surface area contributed by atoms with Crippen molar-refractivity contribution in [2.24, 2.45) is 11.8 Å². The second-order valence-electron chi connectivity index (χ2n) is 6.50. The van der Waals surface area contributed by atoms with Crippen molar-refractivity contribution < 1.29 is 4.74 Å². The van der Waals surface area contributed by atoms with Crippen molar-refractivity contribution in [3.8, 4) is 0 Å². The summed E-state index contributed by atoms with van der Waals surface area (Å²) < 4.78 is 5.65. The van der Waals surface area contributed by atoms with Crippen LogP contribution in [0.15, 0.2) is 0 Å². The Morgan fingerprint density at radius 2 is 2.21 bits per heavy atom. The van der Waals surface area contributed by atoms with Crippen LogP contribution in [-0.2, 0) is 4.74 Å². The second-order valence-corrected chi connectivity index (χ2v) is 6.50. The van der Waals surface area contributed by atoms with Gasteiger partial charge in [-0.05, 0) is 31.1 Å². The minimum atomic E-state index is 0.678. The lowest BCUT2D eigenvalue weighted by molar-refractivity contribution is 0.0177. The minimum Gasteiger partial charge on any atom is -0.381 e. The molecular formula is C16H32N2O. The van der Waals surface area contributed by atoms with Crippen molar-refractivity contribution in [2.45, 2.75) is 58.5 Å². The Kier molecular flexibility index (Phi) is 6.11. The van der Waals surface area contributed by atoms with E-state index in [0.29, 0.717) is 6.04 Å². The fourth-order valence-electron chi connectivity index (χ4n) is 3.46. The molecule has 2 aliphatic rings. The Labute approximate surface area is 119 Å². The molecular weight excluding hydrogens is 236 g/mol. The number of hydrogen-bond donors (Lipinski definition) is 1. The third-order valence-corrected chi connectivity index (χ3v) is 5.11. The molecule has 2 saturated heterocycles. The molecule has 112 valence electrons. The van der Waals surface area contributed by atoms with Crippen molar-refractivity contribution in [3.05, 3.63) is 0 Å². The summed E-state index contributed by atoms with van der Waals surface area (Å²) in [6.45, 7) is 12.6. The number of piperazine rings is 1. The van der Waals surface area contributed by atoms with Crippen LogP contribution in [0.1, 0.15) is 46.5 Å².